The smallest absolute Gasteiger partial charge is 0.377 e. The van der Waals surface area contributed by atoms with Crippen molar-refractivity contribution >= 4 is 22.5 Å². The van der Waals surface area contributed by atoms with E-state index in [0.717, 1.165) is 13.0 Å². The van der Waals surface area contributed by atoms with Crippen LogP contribution in [-0.2, 0) is 25.7 Å². The monoisotopic (exact) mass is 423 g/mol. The predicted molar refractivity (Wildman–Crippen MR) is 99.5 cm³/mol. The van der Waals surface area contributed by atoms with Gasteiger partial charge in [0.15, 0.2) is 0 Å². The van der Waals surface area contributed by atoms with Crippen LogP contribution in [0.4, 0.5) is 18.9 Å². The second-order valence-corrected chi connectivity index (χ2v) is 9.81. The van der Waals surface area contributed by atoms with Gasteiger partial charge in [-0.1, -0.05) is 0 Å². The topological polar surface area (TPSA) is 86.5 Å². The highest BCUT2D eigenvalue weighted by Crippen LogP contribution is 2.45. The maximum absolute atomic E-state index is 15.2. The van der Waals surface area contributed by atoms with Crippen LogP contribution >= 0.6 is 0 Å². The van der Waals surface area contributed by atoms with E-state index in [1.54, 1.807) is 20.8 Å². The number of alkyl halides is 2. The predicted octanol–water partition coefficient (Wildman–Crippen LogP) is 4.05. The van der Waals surface area contributed by atoms with Crippen molar-refractivity contribution in [2.75, 3.05) is 12.4 Å². The Morgan fingerprint density at radius 3 is 2.21 bits per heavy atom. The molecular formula is C18H24F3NO5S. The normalized spacial score (nSPS) is 15.6. The fourth-order valence-corrected chi connectivity index (χ4v) is 3.84. The van der Waals surface area contributed by atoms with Gasteiger partial charge in [0.25, 0.3) is 5.69 Å². The van der Waals surface area contributed by atoms with Crippen LogP contribution < -0.4 is 0 Å². The number of aryl methyl sites for hydroxylation is 1. The molecule has 10 heteroatoms. The molecule has 0 aliphatic carbocycles. The van der Waals surface area contributed by atoms with Crippen molar-refractivity contribution in [3.63, 3.8) is 0 Å². The molecule has 0 aromatic heterocycles. The number of halogens is 3. The van der Waals surface area contributed by atoms with Gasteiger partial charge in [-0.25, -0.2) is 9.18 Å². The summed E-state index contributed by atoms with van der Waals surface area (Å²) < 4.78 is 61.2. The minimum Gasteiger partial charge on any atom is -0.462 e. The molecule has 1 aromatic rings. The van der Waals surface area contributed by atoms with Crippen LogP contribution in [-0.4, -0.2) is 38.1 Å². The largest absolute Gasteiger partial charge is 0.462 e. The number of nitro groups is 1. The molecule has 28 heavy (non-hydrogen) atoms. The van der Waals surface area contributed by atoms with Gasteiger partial charge in [0.05, 0.1) is 16.9 Å². The van der Waals surface area contributed by atoms with Crippen molar-refractivity contribution in [2.45, 2.75) is 57.6 Å². The van der Waals surface area contributed by atoms with Crippen LogP contribution in [0.15, 0.2) is 12.1 Å². The molecule has 0 fully saturated rings. The Kier molecular flexibility index (Phi) is 7.03. The third kappa shape index (κ3) is 4.53. The number of rotatable bonds is 7. The van der Waals surface area contributed by atoms with Gasteiger partial charge in [-0.2, -0.15) is 8.78 Å². The molecule has 0 bridgehead atoms. The van der Waals surface area contributed by atoms with Crippen LogP contribution in [0, 0.1) is 22.9 Å². The van der Waals surface area contributed by atoms with Crippen molar-refractivity contribution in [3.8, 4) is 0 Å². The van der Waals surface area contributed by atoms with Gasteiger partial charge in [-0.15, -0.1) is 0 Å². The Balaban J connectivity index is 3.78. The maximum atomic E-state index is 15.2. The molecule has 0 radical (unpaired) electrons. The zero-order valence-electron chi connectivity index (χ0n) is 16.6. The average Bonchev–Trinajstić information content (AvgIpc) is 2.53. The molecule has 0 N–H and O–H groups in total. The van der Waals surface area contributed by atoms with Gasteiger partial charge >= 0.3 is 11.9 Å². The van der Waals surface area contributed by atoms with E-state index in [2.05, 4.69) is 4.74 Å². The Morgan fingerprint density at radius 1 is 1.25 bits per heavy atom. The van der Waals surface area contributed by atoms with Crippen LogP contribution in [0.1, 0.15) is 45.7 Å². The number of esters is 1. The van der Waals surface area contributed by atoms with E-state index in [1.165, 1.54) is 13.8 Å². The van der Waals surface area contributed by atoms with Crippen LogP contribution in [0.2, 0.25) is 0 Å². The summed E-state index contributed by atoms with van der Waals surface area (Å²) in [6.07, 6.45) is 0. The SMILES string of the molecule is CCOC(=O)C(F)(F)[C@](C)(C[S@](=O)C(C)(C)C)c1cc([N+](=O)[O-])c(C)cc1F. The van der Waals surface area contributed by atoms with E-state index in [9.17, 15) is 23.5 Å². The van der Waals surface area contributed by atoms with E-state index in [-0.39, 0.29) is 12.2 Å². The summed E-state index contributed by atoms with van der Waals surface area (Å²) in [5, 5.41) is 11.2. The first kappa shape index (κ1) is 24.1. The molecule has 0 spiro atoms. The van der Waals surface area contributed by atoms with E-state index in [1.807, 2.05) is 0 Å². The highest BCUT2D eigenvalue weighted by atomic mass is 32.2. The van der Waals surface area contributed by atoms with Crippen molar-refractivity contribution < 1.29 is 31.8 Å². The summed E-state index contributed by atoms with van der Waals surface area (Å²) in [6, 6.07) is 1.44. The van der Waals surface area contributed by atoms with Crippen molar-refractivity contribution in [1.82, 2.24) is 0 Å². The van der Waals surface area contributed by atoms with Crippen LogP contribution in [0.3, 0.4) is 0 Å². The zero-order chi connectivity index (χ0) is 22.1. The quantitative estimate of drug-likeness (QED) is 0.375. The Morgan fingerprint density at radius 2 is 1.79 bits per heavy atom. The number of carbonyl (C=O) groups excluding carboxylic acids is 1. The first-order valence-corrected chi connectivity index (χ1v) is 9.80. The lowest BCUT2D eigenvalue weighted by atomic mass is 9.77. The lowest BCUT2D eigenvalue weighted by Gasteiger charge is -2.37. The molecule has 0 aliphatic rings. The van der Waals surface area contributed by atoms with E-state index in [0.29, 0.717) is 6.07 Å². The fourth-order valence-electron chi connectivity index (χ4n) is 2.54. The first-order chi connectivity index (χ1) is 12.6. The number of benzene rings is 1. The molecule has 158 valence electrons. The number of hydrogen-bond donors (Lipinski definition) is 0. The number of hydrogen-bond acceptors (Lipinski definition) is 5. The van der Waals surface area contributed by atoms with E-state index < -0.39 is 60.6 Å². The van der Waals surface area contributed by atoms with Crippen molar-refractivity contribution in [1.29, 1.82) is 0 Å². The molecule has 0 amide bonds. The van der Waals surface area contributed by atoms with Gasteiger partial charge in [0.2, 0.25) is 0 Å². The second kappa shape index (κ2) is 8.18. The van der Waals surface area contributed by atoms with Gasteiger partial charge in [-0.05, 0) is 47.6 Å². The second-order valence-electron chi connectivity index (χ2n) is 7.60. The van der Waals surface area contributed by atoms with Gasteiger partial charge in [0.1, 0.15) is 5.82 Å². The first-order valence-electron chi connectivity index (χ1n) is 8.48. The highest BCUT2D eigenvalue weighted by molar-refractivity contribution is 7.86. The lowest BCUT2D eigenvalue weighted by molar-refractivity contribution is -0.385. The Bertz CT molecular complexity index is 807. The minimum absolute atomic E-state index is 0.0648. The Hall–Kier alpha value is -1.97. The molecule has 0 aliphatic heterocycles. The fraction of sp³-hybridized carbons (Fsp3) is 0.611. The molecule has 0 heterocycles. The molecule has 1 rings (SSSR count). The summed E-state index contributed by atoms with van der Waals surface area (Å²) in [7, 11) is -1.93. The minimum atomic E-state index is -4.28. The standard InChI is InChI=1S/C18H24F3NO5S/c1-7-27-15(23)18(20,21)17(6,10-28(26)16(3,4)5)12-9-14(22(24)25)11(2)8-13(12)19/h8-9H,7,10H2,1-6H3/t17-,28+/m1/s1. The van der Waals surface area contributed by atoms with Gasteiger partial charge < -0.3 is 4.74 Å². The Labute approximate surface area is 164 Å². The summed E-state index contributed by atoms with van der Waals surface area (Å²) in [5.41, 5.74) is -4.05. The van der Waals surface area contributed by atoms with Gasteiger partial charge in [-0.3, -0.25) is 14.3 Å². The summed E-state index contributed by atoms with van der Waals surface area (Å²) in [4.78, 5) is 22.4. The molecule has 0 unspecified atom stereocenters. The summed E-state index contributed by atoms with van der Waals surface area (Å²) in [5.74, 6) is -8.15. The molecule has 2 atom stereocenters. The summed E-state index contributed by atoms with van der Waals surface area (Å²) >= 11 is 0. The van der Waals surface area contributed by atoms with E-state index >= 15 is 8.78 Å². The number of ether oxygens (including phenoxy) is 1. The van der Waals surface area contributed by atoms with Gasteiger partial charge in [0, 0.05) is 38.5 Å². The van der Waals surface area contributed by atoms with Crippen LogP contribution in [0.5, 0.6) is 0 Å². The maximum Gasteiger partial charge on any atom is 0.377 e. The van der Waals surface area contributed by atoms with Crippen molar-refractivity contribution in [3.05, 3.63) is 39.2 Å². The van der Waals surface area contributed by atoms with Crippen LogP contribution in [0.25, 0.3) is 0 Å². The number of nitrogens with zero attached hydrogens (tertiary/aromatic N) is 1. The molecular weight excluding hydrogens is 399 g/mol. The molecule has 6 nitrogen and oxygen atoms in total. The number of carbonyl (C=O) groups is 1. The average molecular weight is 423 g/mol. The van der Waals surface area contributed by atoms with E-state index in [4.69, 9.17) is 0 Å². The van der Waals surface area contributed by atoms with Crippen molar-refractivity contribution in [2.24, 2.45) is 0 Å². The molecule has 0 saturated heterocycles. The highest BCUT2D eigenvalue weighted by Gasteiger charge is 2.60. The molecule has 1 aromatic carbocycles. The lowest BCUT2D eigenvalue weighted by Crippen LogP contribution is -2.54. The molecule has 0 saturated carbocycles. The summed E-state index contributed by atoms with van der Waals surface area (Å²) in [6.45, 7) is 7.74. The third-order valence-corrected chi connectivity index (χ3v) is 6.61. The zero-order valence-corrected chi connectivity index (χ0v) is 17.4. The third-order valence-electron chi connectivity index (χ3n) is 4.40. The number of nitro benzene ring substituents is 1.